The van der Waals surface area contributed by atoms with Crippen LogP contribution in [0.3, 0.4) is 0 Å². The number of nitrogens with zero attached hydrogens (tertiary/aromatic N) is 2. The molecule has 140 valence electrons. The lowest BCUT2D eigenvalue weighted by Gasteiger charge is -2.35. The van der Waals surface area contributed by atoms with Crippen LogP contribution in [0.1, 0.15) is 29.3 Å². The zero-order chi connectivity index (χ0) is 18.5. The highest BCUT2D eigenvalue weighted by Gasteiger charge is 2.23. The van der Waals surface area contributed by atoms with Gasteiger partial charge in [-0.25, -0.2) is 4.79 Å². The Morgan fingerprint density at radius 2 is 2.08 bits per heavy atom. The van der Waals surface area contributed by atoms with Gasteiger partial charge in [-0.3, -0.25) is 4.90 Å². The van der Waals surface area contributed by atoms with Crippen molar-refractivity contribution in [2.75, 3.05) is 20.1 Å². The SMILES string of the molecule is CCC(CNC(=O)N(C)Cc1ccc(Cl)s1)N1CCc2ccccc2C1. The van der Waals surface area contributed by atoms with Crippen LogP contribution >= 0.6 is 22.9 Å². The summed E-state index contributed by atoms with van der Waals surface area (Å²) in [6.45, 7) is 5.46. The first kappa shape index (κ1) is 19.2. The van der Waals surface area contributed by atoms with Gasteiger partial charge in [-0.15, -0.1) is 11.3 Å². The molecule has 0 fully saturated rings. The molecule has 0 saturated heterocycles. The first-order chi connectivity index (χ1) is 12.6. The number of nitrogens with one attached hydrogen (secondary N) is 1. The van der Waals surface area contributed by atoms with Crippen molar-refractivity contribution in [3.8, 4) is 0 Å². The van der Waals surface area contributed by atoms with E-state index in [0.29, 0.717) is 19.1 Å². The number of thiophene rings is 1. The summed E-state index contributed by atoms with van der Waals surface area (Å²) >= 11 is 7.47. The van der Waals surface area contributed by atoms with E-state index in [9.17, 15) is 4.79 Å². The largest absolute Gasteiger partial charge is 0.336 e. The number of carbonyl (C=O) groups is 1. The highest BCUT2D eigenvalue weighted by molar-refractivity contribution is 7.16. The normalized spacial score (nSPS) is 15.3. The number of amides is 2. The maximum atomic E-state index is 12.4. The Morgan fingerprint density at radius 1 is 1.31 bits per heavy atom. The van der Waals surface area contributed by atoms with Gasteiger partial charge in [0.25, 0.3) is 0 Å². The van der Waals surface area contributed by atoms with Crippen molar-refractivity contribution < 1.29 is 4.79 Å². The van der Waals surface area contributed by atoms with Crippen molar-refractivity contribution in [1.29, 1.82) is 0 Å². The van der Waals surface area contributed by atoms with Crippen LogP contribution in [0.5, 0.6) is 0 Å². The van der Waals surface area contributed by atoms with Gasteiger partial charge in [0.05, 0.1) is 10.9 Å². The fourth-order valence-corrected chi connectivity index (χ4v) is 4.58. The summed E-state index contributed by atoms with van der Waals surface area (Å²) in [5, 5.41) is 3.10. The Kier molecular flexibility index (Phi) is 6.57. The van der Waals surface area contributed by atoms with E-state index in [0.717, 1.165) is 35.1 Å². The Hall–Kier alpha value is -1.56. The Balaban J connectivity index is 1.51. The maximum absolute atomic E-state index is 12.4. The highest BCUT2D eigenvalue weighted by atomic mass is 35.5. The molecule has 6 heteroatoms. The van der Waals surface area contributed by atoms with Crippen LogP contribution in [0.25, 0.3) is 0 Å². The van der Waals surface area contributed by atoms with Gasteiger partial charge in [0.1, 0.15) is 0 Å². The summed E-state index contributed by atoms with van der Waals surface area (Å²) in [6, 6.07) is 12.8. The molecule has 0 bridgehead atoms. The summed E-state index contributed by atoms with van der Waals surface area (Å²) in [4.78, 5) is 17.7. The van der Waals surface area contributed by atoms with E-state index in [4.69, 9.17) is 11.6 Å². The molecule has 2 heterocycles. The number of fused-ring (bicyclic) bond motifs is 1. The third kappa shape index (κ3) is 4.78. The molecular weight excluding hydrogens is 366 g/mol. The van der Waals surface area contributed by atoms with Gasteiger partial charge in [-0.2, -0.15) is 0 Å². The van der Waals surface area contributed by atoms with E-state index in [1.54, 1.807) is 4.90 Å². The van der Waals surface area contributed by atoms with Crippen LogP contribution in [0.2, 0.25) is 4.34 Å². The molecule has 26 heavy (non-hydrogen) atoms. The molecule has 3 rings (SSSR count). The van der Waals surface area contributed by atoms with Gasteiger partial charge >= 0.3 is 6.03 Å². The third-order valence-corrected chi connectivity index (χ3v) is 6.22. The molecule has 1 aromatic heterocycles. The molecule has 2 amide bonds. The fourth-order valence-electron chi connectivity index (χ4n) is 3.44. The van der Waals surface area contributed by atoms with E-state index in [1.165, 1.54) is 22.5 Å². The summed E-state index contributed by atoms with van der Waals surface area (Å²) < 4.78 is 0.755. The average molecular weight is 392 g/mol. The first-order valence-electron chi connectivity index (χ1n) is 9.10. The first-order valence-corrected chi connectivity index (χ1v) is 10.3. The van der Waals surface area contributed by atoms with Gasteiger partial charge in [0.15, 0.2) is 0 Å². The van der Waals surface area contributed by atoms with Crippen molar-refractivity contribution in [1.82, 2.24) is 15.1 Å². The van der Waals surface area contributed by atoms with Crippen molar-refractivity contribution in [2.24, 2.45) is 0 Å². The van der Waals surface area contributed by atoms with Gasteiger partial charge < -0.3 is 10.2 Å². The number of benzene rings is 1. The molecule has 2 aromatic rings. The van der Waals surface area contributed by atoms with Gasteiger partial charge in [-0.1, -0.05) is 42.8 Å². The van der Waals surface area contributed by atoms with Crippen LogP contribution < -0.4 is 5.32 Å². The van der Waals surface area contributed by atoms with E-state index in [1.807, 2.05) is 19.2 Å². The molecule has 0 spiro atoms. The zero-order valence-electron chi connectivity index (χ0n) is 15.4. The van der Waals surface area contributed by atoms with Gasteiger partial charge in [0, 0.05) is 37.6 Å². The molecule has 1 N–H and O–H groups in total. The van der Waals surface area contributed by atoms with Crippen LogP contribution in [0.4, 0.5) is 4.79 Å². The number of carbonyl (C=O) groups excluding carboxylic acids is 1. The van der Waals surface area contributed by atoms with Crippen LogP contribution in [-0.4, -0.2) is 42.0 Å². The predicted octanol–water partition coefficient (Wildman–Crippen LogP) is 4.38. The maximum Gasteiger partial charge on any atom is 0.317 e. The lowest BCUT2D eigenvalue weighted by atomic mass is 9.98. The highest BCUT2D eigenvalue weighted by Crippen LogP contribution is 2.23. The van der Waals surface area contributed by atoms with Crippen LogP contribution in [0.15, 0.2) is 36.4 Å². The average Bonchev–Trinajstić information content (AvgIpc) is 3.06. The minimum Gasteiger partial charge on any atom is -0.336 e. The Labute approximate surface area is 164 Å². The molecule has 0 radical (unpaired) electrons. The number of urea groups is 1. The quantitative estimate of drug-likeness (QED) is 0.793. The zero-order valence-corrected chi connectivity index (χ0v) is 16.9. The topological polar surface area (TPSA) is 35.6 Å². The van der Waals surface area contributed by atoms with E-state index in [2.05, 4.69) is 41.4 Å². The fraction of sp³-hybridized carbons (Fsp3) is 0.450. The number of rotatable bonds is 6. The Bertz CT molecular complexity index is 748. The Morgan fingerprint density at radius 3 is 2.77 bits per heavy atom. The summed E-state index contributed by atoms with van der Waals surface area (Å²) in [6.07, 6.45) is 2.10. The lowest BCUT2D eigenvalue weighted by Crippen LogP contribution is -2.47. The number of hydrogen-bond donors (Lipinski definition) is 1. The molecular formula is C20H26ClN3OS. The van der Waals surface area contributed by atoms with Crippen molar-refractivity contribution in [3.05, 3.63) is 56.7 Å². The number of halogens is 1. The molecule has 1 aromatic carbocycles. The summed E-state index contributed by atoms with van der Waals surface area (Å²) in [5.74, 6) is 0. The van der Waals surface area contributed by atoms with Gasteiger partial charge in [-0.05, 0) is 36.1 Å². The second kappa shape index (κ2) is 8.89. The number of hydrogen-bond acceptors (Lipinski definition) is 3. The molecule has 4 nitrogen and oxygen atoms in total. The minimum absolute atomic E-state index is 0.0367. The minimum atomic E-state index is -0.0367. The molecule has 0 aliphatic carbocycles. The van der Waals surface area contributed by atoms with Crippen molar-refractivity contribution in [2.45, 2.75) is 38.9 Å². The summed E-state index contributed by atoms with van der Waals surface area (Å²) in [7, 11) is 1.82. The van der Waals surface area contributed by atoms with Crippen molar-refractivity contribution >= 4 is 29.0 Å². The summed E-state index contributed by atoms with van der Waals surface area (Å²) in [5.41, 5.74) is 2.87. The van der Waals surface area contributed by atoms with Crippen LogP contribution in [0, 0.1) is 0 Å². The molecule has 0 saturated carbocycles. The molecule has 1 atom stereocenters. The second-order valence-corrected chi connectivity index (χ2v) is 8.60. The monoisotopic (exact) mass is 391 g/mol. The van der Waals surface area contributed by atoms with E-state index in [-0.39, 0.29) is 6.03 Å². The second-order valence-electron chi connectivity index (χ2n) is 6.80. The van der Waals surface area contributed by atoms with Gasteiger partial charge in [0.2, 0.25) is 0 Å². The lowest BCUT2D eigenvalue weighted by molar-refractivity contribution is 0.163. The molecule has 1 aliphatic heterocycles. The predicted molar refractivity (Wildman–Crippen MR) is 109 cm³/mol. The third-order valence-electron chi connectivity index (χ3n) is 5.01. The molecule has 1 unspecified atom stereocenters. The van der Waals surface area contributed by atoms with E-state index < -0.39 is 0 Å². The van der Waals surface area contributed by atoms with E-state index >= 15 is 0 Å². The molecule has 1 aliphatic rings. The van der Waals surface area contributed by atoms with Crippen LogP contribution in [-0.2, 0) is 19.5 Å². The standard InChI is InChI=1S/C20H26ClN3OS/c1-3-17(24-11-10-15-6-4-5-7-16(15)13-24)12-22-20(25)23(2)14-18-8-9-19(21)26-18/h4-9,17H,3,10-14H2,1-2H3,(H,22,25). The van der Waals surface area contributed by atoms with Crippen molar-refractivity contribution in [3.63, 3.8) is 0 Å². The smallest absolute Gasteiger partial charge is 0.317 e.